The van der Waals surface area contributed by atoms with Crippen LogP contribution in [-0.4, -0.2) is 28.9 Å². The fourth-order valence-electron chi connectivity index (χ4n) is 4.14. The largest absolute Gasteiger partial charge is 0.493 e. The Bertz CT molecular complexity index is 1320. The van der Waals surface area contributed by atoms with Gasteiger partial charge >= 0.3 is 0 Å². The van der Waals surface area contributed by atoms with Gasteiger partial charge in [-0.3, -0.25) is 9.78 Å². The molecule has 0 atom stereocenters. The fourth-order valence-corrected chi connectivity index (χ4v) is 4.14. The number of aromatic nitrogens is 1. The molecule has 36 heavy (non-hydrogen) atoms. The third-order valence-corrected chi connectivity index (χ3v) is 6.28. The number of rotatable bonds is 9. The van der Waals surface area contributed by atoms with E-state index in [2.05, 4.69) is 4.98 Å². The Hall–Kier alpha value is -4.19. The molecule has 5 nitrogen and oxygen atoms in total. The van der Waals surface area contributed by atoms with Crippen molar-refractivity contribution in [3.63, 3.8) is 0 Å². The Morgan fingerprint density at radius 3 is 2.19 bits per heavy atom. The molecular weight excluding hydrogens is 455 g/mol. The van der Waals surface area contributed by atoms with E-state index in [4.69, 9.17) is 9.47 Å². The molecule has 1 fully saturated rings. The van der Waals surface area contributed by atoms with Crippen LogP contribution in [0.15, 0.2) is 91.3 Å². The number of halogens is 1. The second-order valence-electron chi connectivity index (χ2n) is 8.88. The molecule has 182 valence electrons. The number of carbonyl (C=O) groups excluding carboxylic acids is 1. The summed E-state index contributed by atoms with van der Waals surface area (Å²) in [5, 5.41) is 0. The second-order valence-corrected chi connectivity index (χ2v) is 8.88. The number of amides is 1. The summed E-state index contributed by atoms with van der Waals surface area (Å²) in [4.78, 5) is 19.4. The van der Waals surface area contributed by atoms with Crippen molar-refractivity contribution in [2.24, 2.45) is 0 Å². The van der Waals surface area contributed by atoms with Gasteiger partial charge in [-0.25, -0.2) is 4.39 Å². The highest BCUT2D eigenvalue weighted by molar-refractivity contribution is 5.95. The molecule has 1 aromatic heterocycles. The first-order valence-corrected chi connectivity index (χ1v) is 12.0. The minimum absolute atomic E-state index is 0.00164. The van der Waals surface area contributed by atoms with E-state index in [1.807, 2.05) is 59.5 Å². The van der Waals surface area contributed by atoms with Crippen LogP contribution in [-0.2, 0) is 13.2 Å². The molecule has 0 aliphatic heterocycles. The summed E-state index contributed by atoms with van der Waals surface area (Å²) in [6.07, 6.45) is 5.47. The van der Waals surface area contributed by atoms with Gasteiger partial charge < -0.3 is 14.4 Å². The zero-order valence-electron chi connectivity index (χ0n) is 20.1. The van der Waals surface area contributed by atoms with Crippen molar-refractivity contribution < 1.29 is 18.7 Å². The molecule has 6 heteroatoms. The molecule has 0 saturated heterocycles. The van der Waals surface area contributed by atoms with Crippen LogP contribution < -0.4 is 9.47 Å². The summed E-state index contributed by atoms with van der Waals surface area (Å²) < 4.78 is 24.8. The lowest BCUT2D eigenvalue weighted by atomic mass is 10.0. The topological polar surface area (TPSA) is 51.7 Å². The maximum atomic E-state index is 13.5. The van der Waals surface area contributed by atoms with Gasteiger partial charge in [0.2, 0.25) is 0 Å². The molecule has 4 aromatic rings. The normalized spacial score (nSPS) is 12.7. The maximum absolute atomic E-state index is 13.5. The fraction of sp³-hybridized carbons (Fsp3) is 0.200. The molecule has 3 aromatic carbocycles. The van der Waals surface area contributed by atoms with Crippen LogP contribution in [0.5, 0.6) is 11.5 Å². The first-order chi connectivity index (χ1) is 17.6. The molecule has 1 heterocycles. The van der Waals surface area contributed by atoms with E-state index >= 15 is 0 Å². The Morgan fingerprint density at radius 2 is 1.56 bits per heavy atom. The highest BCUT2D eigenvalue weighted by Gasteiger charge is 2.33. The van der Waals surface area contributed by atoms with E-state index in [0.29, 0.717) is 30.2 Å². The Labute approximate surface area is 210 Å². The third-order valence-electron chi connectivity index (χ3n) is 6.28. The first-order valence-electron chi connectivity index (χ1n) is 12.0. The number of methoxy groups -OCH3 is 1. The minimum atomic E-state index is -0.268. The van der Waals surface area contributed by atoms with Crippen molar-refractivity contribution in [2.45, 2.75) is 32.0 Å². The zero-order chi connectivity index (χ0) is 24.9. The Kier molecular flexibility index (Phi) is 6.94. The molecule has 0 radical (unpaired) electrons. The van der Waals surface area contributed by atoms with Gasteiger partial charge in [0.1, 0.15) is 12.4 Å². The number of benzene rings is 3. The van der Waals surface area contributed by atoms with Crippen molar-refractivity contribution in [1.82, 2.24) is 9.88 Å². The summed E-state index contributed by atoms with van der Waals surface area (Å²) in [5.74, 6) is 1.01. The second kappa shape index (κ2) is 10.6. The van der Waals surface area contributed by atoms with Gasteiger partial charge in [-0.2, -0.15) is 0 Å². The van der Waals surface area contributed by atoms with E-state index < -0.39 is 0 Å². The summed E-state index contributed by atoms with van der Waals surface area (Å²) in [7, 11) is 1.62. The number of ether oxygens (including phenoxy) is 2. The van der Waals surface area contributed by atoms with Crippen molar-refractivity contribution in [3.8, 4) is 22.6 Å². The molecule has 1 amide bonds. The van der Waals surface area contributed by atoms with E-state index in [9.17, 15) is 9.18 Å². The monoisotopic (exact) mass is 482 g/mol. The van der Waals surface area contributed by atoms with Crippen molar-refractivity contribution in [2.75, 3.05) is 7.11 Å². The smallest absolute Gasteiger partial charge is 0.254 e. The van der Waals surface area contributed by atoms with Gasteiger partial charge in [-0.15, -0.1) is 0 Å². The van der Waals surface area contributed by atoms with Crippen LogP contribution in [0.1, 0.15) is 34.3 Å². The summed E-state index contributed by atoms with van der Waals surface area (Å²) >= 11 is 0. The van der Waals surface area contributed by atoms with Gasteiger partial charge in [-0.1, -0.05) is 30.3 Å². The molecule has 1 aliphatic carbocycles. The minimum Gasteiger partial charge on any atom is -0.493 e. The first kappa shape index (κ1) is 23.5. The lowest BCUT2D eigenvalue weighted by Gasteiger charge is -2.23. The molecular formula is C30H27FN2O3. The number of hydrogen-bond acceptors (Lipinski definition) is 4. The van der Waals surface area contributed by atoms with Crippen LogP contribution >= 0.6 is 0 Å². The van der Waals surface area contributed by atoms with Crippen LogP contribution in [0.25, 0.3) is 11.1 Å². The zero-order valence-corrected chi connectivity index (χ0v) is 20.1. The van der Waals surface area contributed by atoms with E-state index in [0.717, 1.165) is 35.1 Å². The van der Waals surface area contributed by atoms with Gasteiger partial charge in [0.25, 0.3) is 5.91 Å². The number of carbonyl (C=O) groups is 1. The third kappa shape index (κ3) is 5.54. The summed E-state index contributed by atoms with van der Waals surface area (Å²) in [6.45, 7) is 0.882. The van der Waals surface area contributed by atoms with Crippen molar-refractivity contribution in [1.29, 1.82) is 0 Å². The highest BCUT2D eigenvalue weighted by atomic mass is 19.1. The predicted octanol–water partition coefficient (Wildman–Crippen LogP) is 6.28. The SMILES string of the molecule is COc1ccc(CN(C(=O)c2ccc(-c3ccc(F)cc3)cc2)C2CC2)cc1OCc1ccncc1. The van der Waals surface area contributed by atoms with E-state index in [1.165, 1.54) is 12.1 Å². The predicted molar refractivity (Wildman–Crippen MR) is 136 cm³/mol. The quantitative estimate of drug-likeness (QED) is 0.282. The van der Waals surface area contributed by atoms with Gasteiger partial charge in [0.05, 0.1) is 7.11 Å². The van der Waals surface area contributed by atoms with Gasteiger partial charge in [0.15, 0.2) is 11.5 Å². The van der Waals surface area contributed by atoms with Crippen molar-refractivity contribution >= 4 is 5.91 Å². The van der Waals surface area contributed by atoms with Gasteiger partial charge in [0, 0.05) is 30.5 Å². The summed E-state index contributed by atoms with van der Waals surface area (Å²) in [5.41, 5.74) is 4.47. The van der Waals surface area contributed by atoms with Crippen LogP contribution in [0.4, 0.5) is 4.39 Å². The lowest BCUT2D eigenvalue weighted by Crippen LogP contribution is -2.32. The highest BCUT2D eigenvalue weighted by Crippen LogP contribution is 2.33. The Morgan fingerprint density at radius 1 is 0.889 bits per heavy atom. The molecule has 5 rings (SSSR count). The average molecular weight is 483 g/mol. The van der Waals surface area contributed by atoms with Gasteiger partial charge in [-0.05, 0) is 83.6 Å². The van der Waals surface area contributed by atoms with Crippen LogP contribution in [0, 0.1) is 5.82 Å². The molecule has 0 bridgehead atoms. The average Bonchev–Trinajstić information content (AvgIpc) is 3.77. The molecule has 0 spiro atoms. The van der Waals surface area contributed by atoms with Crippen LogP contribution in [0.2, 0.25) is 0 Å². The molecule has 1 aliphatic rings. The number of hydrogen-bond donors (Lipinski definition) is 0. The Balaban J connectivity index is 1.32. The maximum Gasteiger partial charge on any atom is 0.254 e. The lowest BCUT2D eigenvalue weighted by molar-refractivity contribution is 0.0729. The number of pyridine rings is 1. The molecule has 1 saturated carbocycles. The molecule has 0 N–H and O–H groups in total. The van der Waals surface area contributed by atoms with Crippen LogP contribution in [0.3, 0.4) is 0 Å². The standard InChI is InChI=1S/C30H27FN2O3/c1-35-28-13-2-22(18-29(28)36-20-21-14-16-32-17-15-21)19-33(27-11-12-27)30(34)25-5-3-23(4-6-25)24-7-9-26(31)10-8-24/h2-10,13-18,27H,11-12,19-20H2,1H3. The van der Waals surface area contributed by atoms with E-state index in [-0.39, 0.29) is 17.8 Å². The summed E-state index contributed by atoms with van der Waals surface area (Å²) in [6, 6.07) is 23.7. The van der Waals surface area contributed by atoms with Crippen molar-refractivity contribution in [3.05, 3.63) is 114 Å². The number of nitrogens with zero attached hydrogens (tertiary/aromatic N) is 2. The molecule has 0 unspecified atom stereocenters. The van der Waals surface area contributed by atoms with E-state index in [1.54, 1.807) is 31.6 Å².